The molecule has 25 heavy (non-hydrogen) atoms. The molecule has 3 fully saturated rings. The molecule has 0 aromatic carbocycles. The summed E-state index contributed by atoms with van der Waals surface area (Å²) in [4.78, 5) is 44.4. The number of H-pyrrole nitrogens is 1. The molecule has 0 bridgehead atoms. The number of phosphoric ester groups is 2. The van der Waals surface area contributed by atoms with Crippen molar-refractivity contribution in [2.24, 2.45) is 11.8 Å². The van der Waals surface area contributed by atoms with Crippen LogP contribution >= 0.6 is 15.6 Å². The molecule has 138 valence electrons. The molecule has 1 aromatic heterocycles. The fourth-order valence-corrected chi connectivity index (χ4v) is 6.25. The minimum atomic E-state index is -4.98. The van der Waals surface area contributed by atoms with Gasteiger partial charge in [0.1, 0.15) is 12.2 Å². The highest BCUT2D eigenvalue weighted by atomic mass is 31.3. The molecule has 1 aromatic rings. The van der Waals surface area contributed by atoms with E-state index in [1.165, 1.54) is 6.20 Å². The predicted octanol–water partition coefficient (Wildman–Crippen LogP) is -1.12. The molecular formula is C11H14N2O10P2. The van der Waals surface area contributed by atoms with E-state index in [1.807, 2.05) is 0 Å². The first-order valence-corrected chi connectivity index (χ1v) is 10.3. The average Bonchev–Trinajstić information content (AvgIpc) is 3.14. The van der Waals surface area contributed by atoms with Gasteiger partial charge in [-0.3, -0.25) is 23.4 Å². The number of aliphatic hydroxyl groups excluding tert-OH is 1. The lowest BCUT2D eigenvalue weighted by molar-refractivity contribution is -0.0352. The SMILES string of the molecule is O=c1ccn([C@]23C[C@H]2[C@@H]2COP(=O)(O)OP(=O)(O)O[C@H]2[C@H]3O)c(=O)[nH]1. The molecule has 7 atom stereocenters. The van der Waals surface area contributed by atoms with Crippen LogP contribution in [0.1, 0.15) is 6.42 Å². The molecule has 4 N–H and O–H groups in total. The maximum atomic E-state index is 12.1. The molecule has 2 saturated carbocycles. The third-order valence-corrected chi connectivity index (χ3v) is 7.59. The topological polar surface area (TPSA) is 177 Å². The van der Waals surface area contributed by atoms with E-state index in [0.29, 0.717) is 6.42 Å². The van der Waals surface area contributed by atoms with Gasteiger partial charge < -0.3 is 14.9 Å². The Kier molecular flexibility index (Phi) is 3.61. The van der Waals surface area contributed by atoms with Crippen LogP contribution in [-0.4, -0.2) is 43.3 Å². The normalized spacial score (nSPS) is 48.9. The molecule has 1 saturated heterocycles. The predicted molar refractivity (Wildman–Crippen MR) is 78.5 cm³/mol. The number of hydrogen-bond donors (Lipinski definition) is 4. The van der Waals surface area contributed by atoms with Crippen LogP contribution in [0.15, 0.2) is 21.9 Å². The van der Waals surface area contributed by atoms with Crippen LogP contribution in [0.4, 0.5) is 0 Å². The Morgan fingerprint density at radius 1 is 1.28 bits per heavy atom. The lowest BCUT2D eigenvalue weighted by Crippen LogP contribution is -2.45. The fourth-order valence-electron chi connectivity index (χ4n) is 3.92. The first kappa shape index (κ1) is 17.3. The number of nitrogens with zero attached hydrogens (tertiary/aromatic N) is 1. The molecule has 0 radical (unpaired) electrons. The first-order valence-electron chi connectivity index (χ1n) is 7.26. The molecule has 0 spiro atoms. The quantitative estimate of drug-likeness (QED) is 0.425. The molecule has 0 amide bonds. The third-order valence-electron chi connectivity index (χ3n) is 4.95. The standard InChI is InChI=1S/C11H14N2O10P2/c14-7-1-2-13(10(16)12-7)11-3-6(11)5-4-21-24(17,18)23-25(19,20)22-8(5)9(11)15/h1-2,5-6,8-9,15H,3-4H2,(H,17,18)(H,19,20)(H,12,14,16)/t5-,6-,8+,9+,11+/m0/s1. The van der Waals surface area contributed by atoms with E-state index < -0.39 is 56.5 Å². The van der Waals surface area contributed by atoms with Gasteiger partial charge in [0.05, 0.1) is 12.1 Å². The molecule has 3 aliphatic rings. The lowest BCUT2D eigenvalue weighted by Gasteiger charge is -2.31. The summed E-state index contributed by atoms with van der Waals surface area (Å²) >= 11 is 0. The number of aromatic amines is 1. The Balaban J connectivity index is 1.75. The van der Waals surface area contributed by atoms with E-state index in [2.05, 4.69) is 9.29 Å². The lowest BCUT2D eigenvalue weighted by atomic mass is 10.0. The Bertz CT molecular complexity index is 941. The molecule has 14 heteroatoms. The minimum Gasteiger partial charge on any atom is -0.388 e. The maximum Gasteiger partial charge on any atom is 0.481 e. The summed E-state index contributed by atoms with van der Waals surface area (Å²) in [5.74, 6) is -1.15. The van der Waals surface area contributed by atoms with E-state index in [1.54, 1.807) is 0 Å². The van der Waals surface area contributed by atoms with Gasteiger partial charge in [-0.2, -0.15) is 4.31 Å². The van der Waals surface area contributed by atoms with Gasteiger partial charge in [-0.05, 0) is 12.3 Å². The van der Waals surface area contributed by atoms with Crippen molar-refractivity contribution in [3.8, 4) is 0 Å². The van der Waals surface area contributed by atoms with Gasteiger partial charge >= 0.3 is 21.3 Å². The average molecular weight is 396 g/mol. The van der Waals surface area contributed by atoms with E-state index in [9.17, 15) is 33.6 Å². The van der Waals surface area contributed by atoms with Crippen molar-refractivity contribution >= 4 is 15.6 Å². The van der Waals surface area contributed by atoms with Crippen molar-refractivity contribution in [2.75, 3.05) is 6.61 Å². The van der Waals surface area contributed by atoms with Crippen LogP contribution < -0.4 is 11.2 Å². The van der Waals surface area contributed by atoms with E-state index in [0.717, 1.165) is 10.6 Å². The summed E-state index contributed by atoms with van der Waals surface area (Å²) in [5.41, 5.74) is -2.52. The monoisotopic (exact) mass is 396 g/mol. The maximum absolute atomic E-state index is 12.1. The molecule has 2 heterocycles. The summed E-state index contributed by atoms with van der Waals surface area (Å²) in [5, 5.41) is 10.7. The number of nitrogens with one attached hydrogen (secondary N) is 1. The van der Waals surface area contributed by atoms with Crippen molar-refractivity contribution in [3.05, 3.63) is 33.1 Å². The number of aromatic nitrogens is 2. The number of phosphoric acid groups is 2. The highest BCUT2D eigenvalue weighted by Gasteiger charge is 2.74. The van der Waals surface area contributed by atoms with Gasteiger partial charge in [-0.1, -0.05) is 0 Å². The van der Waals surface area contributed by atoms with Crippen LogP contribution in [0, 0.1) is 11.8 Å². The van der Waals surface area contributed by atoms with Crippen molar-refractivity contribution in [2.45, 2.75) is 24.2 Å². The van der Waals surface area contributed by atoms with Crippen LogP contribution in [0.25, 0.3) is 0 Å². The second-order valence-corrected chi connectivity index (χ2v) is 9.27. The Labute approximate surface area is 139 Å². The first-order chi connectivity index (χ1) is 11.6. The molecule has 4 rings (SSSR count). The zero-order valence-corrected chi connectivity index (χ0v) is 14.2. The molecule has 2 unspecified atom stereocenters. The van der Waals surface area contributed by atoms with Gasteiger partial charge in [-0.25, -0.2) is 13.9 Å². The van der Waals surface area contributed by atoms with Crippen molar-refractivity contribution in [1.29, 1.82) is 0 Å². The van der Waals surface area contributed by atoms with E-state index in [-0.39, 0.29) is 6.61 Å². The second kappa shape index (κ2) is 5.21. The third kappa shape index (κ3) is 2.61. The highest BCUT2D eigenvalue weighted by molar-refractivity contribution is 7.61. The largest absolute Gasteiger partial charge is 0.481 e. The zero-order chi connectivity index (χ0) is 18.2. The molecule has 2 aliphatic carbocycles. The van der Waals surface area contributed by atoms with Gasteiger partial charge in [0, 0.05) is 18.2 Å². The summed E-state index contributed by atoms with van der Waals surface area (Å²) in [6.07, 6.45) is -1.12. The van der Waals surface area contributed by atoms with Gasteiger partial charge in [0.25, 0.3) is 5.56 Å². The van der Waals surface area contributed by atoms with E-state index in [4.69, 9.17) is 9.05 Å². The molecule has 1 aliphatic heterocycles. The van der Waals surface area contributed by atoms with Crippen LogP contribution in [0.2, 0.25) is 0 Å². The Morgan fingerprint density at radius 3 is 2.68 bits per heavy atom. The van der Waals surface area contributed by atoms with Crippen LogP contribution in [-0.2, 0) is 28.0 Å². The van der Waals surface area contributed by atoms with Crippen LogP contribution in [0.5, 0.6) is 0 Å². The van der Waals surface area contributed by atoms with Crippen molar-refractivity contribution < 1.29 is 37.4 Å². The Hall–Kier alpha value is -1.10. The van der Waals surface area contributed by atoms with Crippen LogP contribution in [0.3, 0.4) is 0 Å². The highest BCUT2D eigenvalue weighted by Crippen LogP contribution is 2.70. The summed E-state index contributed by atoms with van der Waals surface area (Å²) < 4.78 is 38.3. The van der Waals surface area contributed by atoms with Crippen molar-refractivity contribution in [3.63, 3.8) is 0 Å². The smallest absolute Gasteiger partial charge is 0.388 e. The number of hydrogen-bond acceptors (Lipinski definition) is 8. The van der Waals surface area contributed by atoms with Gasteiger partial charge in [0.15, 0.2) is 0 Å². The summed E-state index contributed by atoms with van der Waals surface area (Å²) in [6, 6.07) is 1.11. The number of fused-ring (bicyclic) bond motifs is 3. The number of aliphatic hydroxyl groups is 1. The van der Waals surface area contributed by atoms with Gasteiger partial charge in [0.2, 0.25) is 0 Å². The van der Waals surface area contributed by atoms with Gasteiger partial charge in [-0.15, -0.1) is 0 Å². The molecular weight excluding hydrogens is 382 g/mol. The minimum absolute atomic E-state index is 0.306. The summed E-state index contributed by atoms with van der Waals surface area (Å²) in [6.45, 7) is -0.375. The number of rotatable bonds is 1. The Morgan fingerprint density at radius 2 is 2.00 bits per heavy atom. The zero-order valence-electron chi connectivity index (χ0n) is 12.4. The van der Waals surface area contributed by atoms with E-state index >= 15 is 0 Å². The molecule has 12 nitrogen and oxygen atoms in total. The summed E-state index contributed by atoms with van der Waals surface area (Å²) in [7, 11) is -9.78. The fraction of sp³-hybridized carbons (Fsp3) is 0.636. The second-order valence-electron chi connectivity index (χ2n) is 6.28. The van der Waals surface area contributed by atoms with Crippen molar-refractivity contribution in [1.82, 2.24) is 9.55 Å².